The quantitative estimate of drug-likeness (QED) is 0.636. The number of carbonyl (C=O) groups is 1. The smallest absolute Gasteiger partial charge is 0.230 e. The van der Waals surface area contributed by atoms with Crippen molar-refractivity contribution >= 4 is 40.9 Å². The largest absolute Gasteiger partial charge is 0.374 e. The number of allylic oxidation sites excluding steroid dienone is 3. The molecular weight excluding hydrogens is 411 g/mol. The molecule has 0 aromatic rings. The number of carbonyl (C=O) groups excluding carboxylic acids is 1. The molecule has 0 aromatic carbocycles. The number of hydrogen-bond acceptors (Lipinski definition) is 8. The Morgan fingerprint density at radius 1 is 1.48 bits per heavy atom. The summed E-state index contributed by atoms with van der Waals surface area (Å²) in [5.41, 5.74) is 2.73. The SMILES string of the molecule is CN1N=NNC1SCC(=O)NC[C@H]1CN(CC2C=C(Cl)C(Cl)=CC2)CCO1. The first-order valence-electron chi connectivity index (χ1n) is 8.86. The van der Waals surface area contributed by atoms with Crippen molar-refractivity contribution in [1.29, 1.82) is 0 Å². The van der Waals surface area contributed by atoms with Gasteiger partial charge in [0.2, 0.25) is 5.91 Å². The number of halogens is 2. The zero-order valence-corrected chi connectivity index (χ0v) is 17.4. The van der Waals surface area contributed by atoms with Crippen molar-refractivity contribution in [2.45, 2.75) is 18.0 Å². The number of morpholine rings is 1. The molecule has 11 heteroatoms. The molecule has 0 bridgehead atoms. The van der Waals surface area contributed by atoms with Gasteiger partial charge in [0, 0.05) is 33.2 Å². The highest BCUT2D eigenvalue weighted by Crippen LogP contribution is 2.29. The number of hydrogen-bond donors (Lipinski definition) is 2. The van der Waals surface area contributed by atoms with Crippen molar-refractivity contribution in [3.8, 4) is 0 Å². The zero-order chi connectivity index (χ0) is 19.2. The van der Waals surface area contributed by atoms with Gasteiger partial charge >= 0.3 is 0 Å². The van der Waals surface area contributed by atoms with E-state index in [9.17, 15) is 4.79 Å². The van der Waals surface area contributed by atoms with E-state index >= 15 is 0 Å². The second kappa shape index (κ2) is 9.97. The van der Waals surface area contributed by atoms with Gasteiger partial charge in [-0.3, -0.25) is 15.1 Å². The first-order chi connectivity index (χ1) is 13.0. The van der Waals surface area contributed by atoms with Crippen LogP contribution in [0.3, 0.4) is 0 Å². The van der Waals surface area contributed by atoms with Gasteiger partial charge in [-0.05, 0) is 12.3 Å². The molecule has 2 unspecified atom stereocenters. The van der Waals surface area contributed by atoms with E-state index in [1.165, 1.54) is 11.8 Å². The number of amides is 1. The molecule has 8 nitrogen and oxygen atoms in total. The molecule has 2 aliphatic heterocycles. The number of thioether (sulfide) groups is 1. The van der Waals surface area contributed by atoms with Crippen molar-refractivity contribution in [1.82, 2.24) is 20.7 Å². The molecule has 2 N–H and O–H groups in total. The lowest BCUT2D eigenvalue weighted by Gasteiger charge is -2.35. The number of nitrogens with one attached hydrogen (secondary N) is 2. The van der Waals surface area contributed by atoms with Crippen LogP contribution in [0.1, 0.15) is 6.42 Å². The molecule has 3 rings (SSSR count). The van der Waals surface area contributed by atoms with Gasteiger partial charge in [-0.1, -0.05) is 45.8 Å². The molecule has 1 fully saturated rings. The van der Waals surface area contributed by atoms with E-state index in [1.807, 2.05) is 19.2 Å². The molecule has 1 saturated heterocycles. The summed E-state index contributed by atoms with van der Waals surface area (Å²) < 4.78 is 5.79. The van der Waals surface area contributed by atoms with Gasteiger partial charge in [-0.25, -0.2) is 5.01 Å². The third kappa shape index (κ3) is 6.25. The third-order valence-corrected chi connectivity index (χ3v) is 6.46. The highest BCUT2D eigenvalue weighted by Gasteiger charge is 2.24. The molecule has 3 atom stereocenters. The van der Waals surface area contributed by atoms with Crippen LogP contribution in [0.5, 0.6) is 0 Å². The Bertz CT molecular complexity index is 632. The average Bonchev–Trinajstić information content (AvgIpc) is 3.06. The summed E-state index contributed by atoms with van der Waals surface area (Å²) in [4.78, 5) is 14.4. The lowest BCUT2D eigenvalue weighted by molar-refractivity contribution is -0.119. The maximum absolute atomic E-state index is 12.1. The Hall–Kier alpha value is -1.000. The van der Waals surface area contributed by atoms with Crippen LogP contribution in [0.25, 0.3) is 0 Å². The number of ether oxygens (including phenoxy) is 1. The van der Waals surface area contributed by atoms with Crippen LogP contribution in [-0.2, 0) is 9.53 Å². The summed E-state index contributed by atoms with van der Waals surface area (Å²) >= 11 is 13.6. The van der Waals surface area contributed by atoms with Crippen LogP contribution < -0.4 is 10.7 Å². The maximum atomic E-state index is 12.1. The Labute approximate surface area is 173 Å². The van der Waals surface area contributed by atoms with Crippen LogP contribution in [-0.4, -0.2) is 73.0 Å². The average molecular weight is 435 g/mol. The summed E-state index contributed by atoms with van der Waals surface area (Å²) in [5.74, 6) is 0.670. The molecule has 1 amide bonds. The normalized spacial score (nSPS) is 28.6. The fraction of sp³-hybridized carbons (Fsp3) is 0.688. The zero-order valence-electron chi connectivity index (χ0n) is 15.1. The summed E-state index contributed by atoms with van der Waals surface area (Å²) in [6, 6.07) is 0. The number of nitrogens with zero attached hydrogens (tertiary/aromatic N) is 4. The second-order valence-corrected chi connectivity index (χ2v) is 8.56. The lowest BCUT2D eigenvalue weighted by atomic mass is 9.99. The van der Waals surface area contributed by atoms with Gasteiger partial charge in [0.25, 0.3) is 0 Å². The molecule has 0 radical (unpaired) electrons. The van der Waals surface area contributed by atoms with Gasteiger partial charge < -0.3 is 10.1 Å². The Kier molecular flexibility index (Phi) is 7.66. The van der Waals surface area contributed by atoms with Crippen LogP contribution in [0.4, 0.5) is 0 Å². The van der Waals surface area contributed by atoms with Crippen molar-refractivity contribution in [2.24, 2.45) is 16.4 Å². The van der Waals surface area contributed by atoms with E-state index in [-0.39, 0.29) is 17.5 Å². The molecule has 0 saturated carbocycles. The maximum Gasteiger partial charge on any atom is 0.230 e. The minimum absolute atomic E-state index is 0.00727. The summed E-state index contributed by atoms with van der Waals surface area (Å²) in [6.07, 6.45) is 4.89. The van der Waals surface area contributed by atoms with E-state index in [4.69, 9.17) is 27.9 Å². The predicted molar refractivity (Wildman–Crippen MR) is 107 cm³/mol. The van der Waals surface area contributed by atoms with Crippen molar-refractivity contribution in [2.75, 3.05) is 45.6 Å². The molecule has 2 heterocycles. The summed E-state index contributed by atoms with van der Waals surface area (Å²) in [5, 5.41) is 13.4. The predicted octanol–water partition coefficient (Wildman–Crippen LogP) is 1.90. The highest BCUT2D eigenvalue weighted by molar-refractivity contribution is 8.00. The van der Waals surface area contributed by atoms with E-state index in [0.29, 0.717) is 34.9 Å². The topological polar surface area (TPSA) is 81.6 Å². The molecular formula is C16H24Cl2N6O2S. The molecule has 0 aromatic heterocycles. The van der Waals surface area contributed by atoms with E-state index in [0.717, 1.165) is 26.1 Å². The standard InChI is InChI=1S/C16H24Cl2N6O2S/c1-23-16(20-21-22-23)27-10-15(25)19-7-12-9-24(4-5-26-12)8-11-2-3-13(17)14(18)6-11/h3,6,11-12,16H,2,4-5,7-10H2,1H3,(H,19,25)(H,20,22)/t11?,12-,16?/m0/s1. The van der Waals surface area contributed by atoms with E-state index in [2.05, 4.69) is 26.1 Å². The second-order valence-electron chi connectivity index (χ2n) is 6.67. The first kappa shape index (κ1) is 20.7. The van der Waals surface area contributed by atoms with Gasteiger partial charge in [-0.2, -0.15) is 0 Å². The van der Waals surface area contributed by atoms with Crippen molar-refractivity contribution in [3.63, 3.8) is 0 Å². The Morgan fingerprint density at radius 2 is 2.33 bits per heavy atom. The van der Waals surface area contributed by atoms with Crippen molar-refractivity contribution < 1.29 is 9.53 Å². The van der Waals surface area contributed by atoms with Crippen LogP contribution in [0.15, 0.2) is 32.7 Å². The molecule has 1 aliphatic carbocycles. The summed E-state index contributed by atoms with van der Waals surface area (Å²) in [7, 11) is 1.81. The van der Waals surface area contributed by atoms with E-state index < -0.39 is 0 Å². The Balaban J connectivity index is 1.35. The fourth-order valence-electron chi connectivity index (χ4n) is 3.09. The van der Waals surface area contributed by atoms with Crippen LogP contribution in [0.2, 0.25) is 0 Å². The van der Waals surface area contributed by atoms with Gasteiger partial charge in [0.15, 0.2) is 5.50 Å². The lowest BCUT2D eigenvalue weighted by Crippen LogP contribution is -2.49. The van der Waals surface area contributed by atoms with Crippen LogP contribution in [0, 0.1) is 5.92 Å². The monoisotopic (exact) mass is 434 g/mol. The molecule has 3 aliphatic rings. The van der Waals surface area contributed by atoms with E-state index in [1.54, 1.807) is 5.01 Å². The minimum atomic E-state index is -0.102. The van der Waals surface area contributed by atoms with Gasteiger partial charge in [0.05, 0.1) is 28.5 Å². The van der Waals surface area contributed by atoms with Gasteiger partial charge in [-0.15, -0.1) is 11.8 Å². The minimum Gasteiger partial charge on any atom is -0.374 e. The fourth-order valence-corrected chi connectivity index (χ4v) is 4.29. The third-order valence-electron chi connectivity index (χ3n) is 4.52. The first-order valence-corrected chi connectivity index (χ1v) is 10.7. The van der Waals surface area contributed by atoms with Gasteiger partial charge in [0.1, 0.15) is 0 Å². The highest BCUT2D eigenvalue weighted by atomic mass is 35.5. The molecule has 150 valence electrons. The number of rotatable bonds is 7. The molecule has 27 heavy (non-hydrogen) atoms. The summed E-state index contributed by atoms with van der Waals surface area (Å²) in [6.45, 7) is 3.75. The van der Waals surface area contributed by atoms with Crippen LogP contribution >= 0.6 is 35.0 Å². The Morgan fingerprint density at radius 3 is 3.07 bits per heavy atom. The molecule has 0 spiro atoms. The van der Waals surface area contributed by atoms with Crippen molar-refractivity contribution in [3.05, 3.63) is 22.2 Å².